The number of Topliss-reactive ketones (excluding diaryl/α,β-unsaturated/α-hetero) is 1. The monoisotopic (exact) mass is 1440 g/mol. The summed E-state index contributed by atoms with van der Waals surface area (Å²) in [5, 5.41) is 17.4. The van der Waals surface area contributed by atoms with Gasteiger partial charge in [0.25, 0.3) is 0 Å². The average molecular weight is 1440 g/mol. The molecule has 15 rings (SSSR count). The highest BCUT2D eigenvalue weighted by molar-refractivity contribution is 7.19. The predicted molar refractivity (Wildman–Crippen MR) is 447 cm³/mol. The number of unbranched alkanes of at least 4 members (excludes halogenated alkanes) is 20. The highest BCUT2D eigenvalue weighted by Gasteiger charge is 2.47. The van der Waals surface area contributed by atoms with Gasteiger partial charge in [-0.2, -0.15) is 4.58 Å². The molecule has 0 unspecified atom stereocenters. The quantitative estimate of drug-likeness (QED) is 0.0225. The van der Waals surface area contributed by atoms with Gasteiger partial charge in [0.2, 0.25) is 5.69 Å². The summed E-state index contributed by atoms with van der Waals surface area (Å²) >= 11 is 3.66. The highest BCUT2D eigenvalue weighted by Crippen LogP contribution is 2.52. The molecule has 3 aliphatic rings. The zero-order valence-electron chi connectivity index (χ0n) is 64.0. The molecule has 12 heteroatoms. The number of aromatic nitrogens is 6. The van der Waals surface area contributed by atoms with E-state index in [1.165, 1.54) is 179 Å². The number of nitrogens with zero attached hydrogens (tertiary/aromatic N) is 8. The number of rotatable bonds is 34. The minimum absolute atomic E-state index is 0.162. The number of ketones is 1. The Morgan fingerprint density at radius 3 is 1.33 bits per heavy atom. The van der Waals surface area contributed by atoms with Gasteiger partial charge >= 0.3 is 0 Å². The minimum Gasteiger partial charge on any atom is -0.871 e. The molecule has 0 radical (unpaired) electrons. The molecule has 106 heavy (non-hydrogen) atoms. The van der Waals surface area contributed by atoms with E-state index in [-0.39, 0.29) is 22.7 Å². The third kappa shape index (κ3) is 14.3. The molecular weight excluding hydrogens is 1340 g/mol. The summed E-state index contributed by atoms with van der Waals surface area (Å²) < 4.78 is 7.30. The van der Waals surface area contributed by atoms with Crippen LogP contribution in [-0.4, -0.2) is 58.2 Å². The van der Waals surface area contributed by atoms with E-state index in [4.69, 9.17) is 19.9 Å². The lowest BCUT2D eigenvalue weighted by atomic mass is 9.77. The first-order valence-corrected chi connectivity index (χ1v) is 42.1. The lowest BCUT2D eigenvalue weighted by molar-refractivity contribution is -0.438. The number of hydrogen-bond acceptors (Lipinski definition) is 9. The van der Waals surface area contributed by atoms with Crippen LogP contribution in [0.1, 0.15) is 221 Å². The van der Waals surface area contributed by atoms with E-state index in [0.717, 1.165) is 143 Å². The van der Waals surface area contributed by atoms with Gasteiger partial charge in [-0.05, 0) is 170 Å². The fraction of sp³-hybridized carbons (Fsp3) is 0.404. The predicted octanol–water partition coefficient (Wildman–Crippen LogP) is 25.2. The largest absolute Gasteiger partial charge is 0.871 e. The zero-order valence-corrected chi connectivity index (χ0v) is 65.7. The van der Waals surface area contributed by atoms with Gasteiger partial charge in [0.1, 0.15) is 17.6 Å². The highest BCUT2D eigenvalue weighted by atomic mass is 32.1. The smallest absolute Gasteiger partial charge is 0.209 e. The van der Waals surface area contributed by atoms with Crippen LogP contribution in [-0.2, 0) is 28.7 Å². The van der Waals surface area contributed by atoms with Gasteiger partial charge < -0.3 is 19.1 Å². The Labute approximate surface area is 635 Å². The van der Waals surface area contributed by atoms with Crippen LogP contribution in [0.15, 0.2) is 180 Å². The Balaban J connectivity index is 0.718. The number of anilines is 1. The number of benzene rings is 6. The molecule has 10 nitrogen and oxygen atoms in total. The Bertz CT molecular complexity index is 5390. The van der Waals surface area contributed by atoms with Crippen LogP contribution in [0, 0.1) is 0 Å². The number of hydrogen-bond donors (Lipinski definition) is 0. The van der Waals surface area contributed by atoms with Crippen molar-refractivity contribution >= 4 is 112 Å². The van der Waals surface area contributed by atoms with Gasteiger partial charge in [-0.3, -0.25) is 4.79 Å². The first kappa shape index (κ1) is 72.7. The summed E-state index contributed by atoms with van der Waals surface area (Å²) in [6.45, 7) is 21.7. The van der Waals surface area contributed by atoms with Crippen molar-refractivity contribution in [3.05, 3.63) is 191 Å². The molecule has 546 valence electrons. The van der Waals surface area contributed by atoms with Gasteiger partial charge in [0.05, 0.1) is 38.5 Å². The van der Waals surface area contributed by atoms with Crippen LogP contribution in [0.2, 0.25) is 0 Å². The van der Waals surface area contributed by atoms with E-state index >= 15 is 9.90 Å². The van der Waals surface area contributed by atoms with E-state index in [1.807, 2.05) is 47.0 Å². The Hall–Kier alpha value is -8.84. The van der Waals surface area contributed by atoms with E-state index < -0.39 is 10.8 Å². The topological polar surface area (TPSA) is 108 Å². The molecule has 8 heterocycles. The summed E-state index contributed by atoms with van der Waals surface area (Å²) in [6, 6.07) is 53.3. The van der Waals surface area contributed by atoms with Gasteiger partial charge in [0, 0.05) is 102 Å². The Morgan fingerprint density at radius 1 is 0.434 bits per heavy atom. The summed E-state index contributed by atoms with van der Waals surface area (Å²) in [5.41, 5.74) is 21.0. The molecule has 0 atom stereocenters. The van der Waals surface area contributed by atoms with Crippen molar-refractivity contribution in [2.24, 2.45) is 0 Å². The lowest BCUT2D eigenvalue weighted by Crippen LogP contribution is -2.35. The van der Waals surface area contributed by atoms with Crippen molar-refractivity contribution < 1.29 is 14.5 Å². The van der Waals surface area contributed by atoms with Crippen molar-refractivity contribution in [1.29, 1.82) is 0 Å². The molecule has 0 saturated carbocycles. The second-order valence-corrected chi connectivity index (χ2v) is 33.7. The van der Waals surface area contributed by atoms with Crippen molar-refractivity contribution in [3.63, 3.8) is 0 Å². The van der Waals surface area contributed by atoms with Gasteiger partial charge in [-0.15, -0.1) is 22.7 Å². The number of fused-ring (bicyclic) bond motifs is 10. The molecule has 0 fully saturated rings. The lowest BCUT2D eigenvalue weighted by Gasteiger charge is -2.33. The number of allylic oxidation sites excluding steroid dienone is 5. The van der Waals surface area contributed by atoms with Gasteiger partial charge in [0.15, 0.2) is 22.8 Å². The fourth-order valence-corrected chi connectivity index (χ4v) is 19.1. The maximum absolute atomic E-state index is 15.1. The summed E-state index contributed by atoms with van der Waals surface area (Å²) in [6.07, 6.45) is 32.8. The molecule has 2 aliphatic heterocycles. The summed E-state index contributed by atoms with van der Waals surface area (Å²) in [7, 11) is 0. The van der Waals surface area contributed by atoms with E-state index in [2.05, 4.69) is 207 Å². The molecule has 1 aliphatic carbocycles. The first-order valence-electron chi connectivity index (χ1n) is 40.5. The van der Waals surface area contributed by atoms with Crippen LogP contribution in [0.3, 0.4) is 0 Å². The maximum atomic E-state index is 15.1. The van der Waals surface area contributed by atoms with E-state index in [9.17, 15) is 0 Å². The minimum atomic E-state index is -0.492. The number of thiophene rings is 2. The van der Waals surface area contributed by atoms with Crippen molar-refractivity contribution in [2.45, 2.75) is 233 Å². The molecule has 6 aromatic heterocycles. The normalized spacial score (nSPS) is 15.6. The van der Waals surface area contributed by atoms with Crippen molar-refractivity contribution in [3.8, 4) is 41.8 Å². The second-order valence-electron chi connectivity index (χ2n) is 31.5. The number of carbonyl (C=O) groups excluding carboxylic acids is 1. The first-order chi connectivity index (χ1) is 51.8. The standard InChI is InChI=1S/C94H106N8O2S2/c1-9-13-17-21-25-33-53-99-77-47-43-63(81-49-51-83(105-81)65-41-45-67-79(59-65)101(55-35-27-23-19-15-11-3)91-87(67)95-73-37-29-31-39-75(73)97-91)57-71(77)93(5,6)85(99)61-69-89(103)70(90(69)104)62-86-94(7,8)72-58-64(44-48-78(72)100(86)54-34-26-22-18-14-10-2)82-50-52-84(106-82)66-42-46-68-80(60-66)102(56-36-28-24-20-16-12-4)92-88(68)96-74-38-30-32-40-76(74)98-92/h29-32,37-52,57-62H,9-28,33-36,53-56H2,1-8H3. The van der Waals surface area contributed by atoms with E-state index in [0.29, 0.717) is 0 Å². The fourth-order valence-electron chi connectivity index (χ4n) is 17.1. The van der Waals surface area contributed by atoms with Crippen LogP contribution in [0.4, 0.5) is 11.4 Å². The Morgan fingerprint density at radius 2 is 0.849 bits per heavy atom. The maximum Gasteiger partial charge on any atom is 0.209 e. The van der Waals surface area contributed by atoms with E-state index in [1.54, 1.807) is 0 Å². The average Bonchev–Trinajstić information content (AvgIpc) is 1.57. The number of aryl methyl sites for hydroxylation is 2. The number of carbonyl (C=O) groups is 1. The van der Waals surface area contributed by atoms with Crippen LogP contribution >= 0.6 is 22.7 Å². The molecular formula is C94H106N8O2S2. The SMILES string of the molecule is CCCCCCCCN1/C(=C/C2=C([O-])C(=C\C3=[N+](CCCCCCCC)c4ccc(-c5ccc(-c6ccc7c8nc9ccccc9nc8n(CCCCCCCC)c7c6)s5)cc4C3(C)C)/C2=O)C(C)(C)c2cc(-c3ccc(-c4ccc5c6nc7ccccc7nc6n(CCCCCCCC)c5c4)s3)ccc21. The summed E-state index contributed by atoms with van der Waals surface area (Å²) in [4.78, 5) is 43.3. The molecule has 12 aromatic rings. The molecule has 6 aromatic carbocycles. The molecule has 0 amide bonds. The number of para-hydroxylation sites is 4. The zero-order chi connectivity index (χ0) is 73.1. The second kappa shape index (κ2) is 31.9. The van der Waals surface area contributed by atoms with Gasteiger partial charge in [-0.25, -0.2) is 19.9 Å². The van der Waals surface area contributed by atoms with Crippen molar-refractivity contribution in [2.75, 3.05) is 18.0 Å². The van der Waals surface area contributed by atoms with Crippen LogP contribution < -0.4 is 10.0 Å². The molecule has 0 saturated heterocycles. The Kier molecular flexibility index (Phi) is 21.9. The third-order valence-electron chi connectivity index (χ3n) is 23.3. The van der Waals surface area contributed by atoms with Gasteiger partial charge in [-0.1, -0.05) is 212 Å². The molecule has 0 N–H and O–H groups in total. The molecule has 0 spiro atoms. The molecule has 0 bridgehead atoms. The van der Waals surface area contributed by atoms with Crippen molar-refractivity contribution in [1.82, 2.24) is 29.1 Å². The van der Waals surface area contributed by atoms with Crippen LogP contribution in [0.5, 0.6) is 0 Å². The summed E-state index contributed by atoms with van der Waals surface area (Å²) in [5.74, 6) is -0.324. The third-order valence-corrected chi connectivity index (χ3v) is 25.7. The van der Waals surface area contributed by atoms with Crippen LogP contribution in [0.25, 0.3) is 108 Å².